The standard InChI is InChI=1S/C26H32O6/c1-7-16(2)32-25(28)26(3,4)15-31-23-20(12-14-22(29-5)24(23)30-6)17-9-8-10-19-18(17)11-13-21(19)27/h8-10,12,14,16H,7,11,13,15H2,1-6H3/t16-/m1/s1. The van der Waals surface area contributed by atoms with Crippen molar-refractivity contribution in [1.82, 2.24) is 0 Å². The van der Waals surface area contributed by atoms with E-state index in [0.29, 0.717) is 30.1 Å². The van der Waals surface area contributed by atoms with Gasteiger partial charge in [-0.3, -0.25) is 9.59 Å². The van der Waals surface area contributed by atoms with Crippen molar-refractivity contribution in [2.45, 2.75) is 53.1 Å². The van der Waals surface area contributed by atoms with E-state index in [0.717, 1.165) is 28.7 Å². The predicted octanol–water partition coefficient (Wildman–Crippen LogP) is 5.25. The molecule has 1 aliphatic rings. The minimum atomic E-state index is -0.872. The third-order valence-electron chi connectivity index (χ3n) is 5.88. The first kappa shape index (κ1) is 23.6. The van der Waals surface area contributed by atoms with Crippen LogP contribution in [0, 0.1) is 5.41 Å². The largest absolute Gasteiger partial charge is 0.493 e. The Labute approximate surface area is 189 Å². The molecule has 0 heterocycles. The first-order valence-electron chi connectivity index (χ1n) is 11.0. The van der Waals surface area contributed by atoms with E-state index in [9.17, 15) is 9.59 Å². The summed E-state index contributed by atoms with van der Waals surface area (Å²) in [5.41, 5.74) is 2.60. The smallest absolute Gasteiger partial charge is 0.315 e. The monoisotopic (exact) mass is 440 g/mol. The Morgan fingerprint density at radius 3 is 2.38 bits per heavy atom. The number of ketones is 1. The Hall–Kier alpha value is -3.02. The van der Waals surface area contributed by atoms with Crippen LogP contribution < -0.4 is 14.2 Å². The van der Waals surface area contributed by atoms with Crippen molar-refractivity contribution in [3.8, 4) is 28.4 Å². The first-order valence-corrected chi connectivity index (χ1v) is 11.0. The molecule has 0 radical (unpaired) electrons. The van der Waals surface area contributed by atoms with Crippen LogP contribution >= 0.6 is 0 Å². The lowest BCUT2D eigenvalue weighted by Gasteiger charge is -2.26. The maximum atomic E-state index is 12.7. The van der Waals surface area contributed by atoms with Crippen molar-refractivity contribution >= 4 is 11.8 Å². The van der Waals surface area contributed by atoms with Gasteiger partial charge in [-0.05, 0) is 56.9 Å². The van der Waals surface area contributed by atoms with Crippen molar-refractivity contribution < 1.29 is 28.5 Å². The lowest BCUT2D eigenvalue weighted by molar-refractivity contribution is -0.160. The number of hydrogen-bond acceptors (Lipinski definition) is 6. The van der Waals surface area contributed by atoms with Gasteiger partial charge < -0.3 is 18.9 Å². The topological polar surface area (TPSA) is 71.1 Å². The maximum absolute atomic E-state index is 12.7. The average Bonchev–Trinajstić information content (AvgIpc) is 3.17. The Morgan fingerprint density at radius 2 is 1.72 bits per heavy atom. The van der Waals surface area contributed by atoms with Crippen molar-refractivity contribution in [2.75, 3.05) is 20.8 Å². The minimum absolute atomic E-state index is 0.0900. The molecule has 1 aliphatic carbocycles. The molecule has 2 aromatic rings. The van der Waals surface area contributed by atoms with Gasteiger partial charge in [0.15, 0.2) is 17.3 Å². The van der Waals surface area contributed by atoms with Crippen LogP contribution in [-0.2, 0) is 16.0 Å². The van der Waals surface area contributed by atoms with Crippen LogP contribution in [0.2, 0.25) is 0 Å². The zero-order valence-corrected chi connectivity index (χ0v) is 19.7. The number of rotatable bonds is 9. The van der Waals surface area contributed by atoms with Crippen molar-refractivity contribution in [1.29, 1.82) is 0 Å². The number of fused-ring (bicyclic) bond motifs is 1. The number of Topliss-reactive ketones (excluding diaryl/α,β-unsaturated/α-hetero) is 1. The van der Waals surface area contributed by atoms with Crippen LogP contribution in [0.15, 0.2) is 30.3 Å². The molecule has 0 spiro atoms. The predicted molar refractivity (Wildman–Crippen MR) is 123 cm³/mol. The third kappa shape index (κ3) is 4.59. The van der Waals surface area contributed by atoms with Gasteiger partial charge >= 0.3 is 5.97 Å². The lowest BCUT2D eigenvalue weighted by Crippen LogP contribution is -2.34. The summed E-state index contributed by atoms with van der Waals surface area (Å²) in [6, 6.07) is 9.45. The van der Waals surface area contributed by atoms with E-state index >= 15 is 0 Å². The number of hydrogen-bond donors (Lipinski definition) is 0. The maximum Gasteiger partial charge on any atom is 0.315 e. The fourth-order valence-corrected chi connectivity index (χ4v) is 3.73. The SMILES string of the molecule is CC[C@@H](C)OC(=O)C(C)(C)COc1c(-c2cccc3c2CCC3=O)ccc(OC)c1OC. The fraction of sp³-hybridized carbons (Fsp3) is 0.462. The Kier molecular flexibility index (Phi) is 7.12. The van der Waals surface area contributed by atoms with Crippen LogP contribution in [0.3, 0.4) is 0 Å². The van der Waals surface area contributed by atoms with Gasteiger partial charge in [-0.1, -0.05) is 25.1 Å². The summed E-state index contributed by atoms with van der Waals surface area (Å²) in [5.74, 6) is 1.28. The summed E-state index contributed by atoms with van der Waals surface area (Å²) in [6.07, 6.45) is 1.77. The number of carbonyl (C=O) groups excluding carboxylic acids is 2. The molecule has 0 bridgehead atoms. The van der Waals surface area contributed by atoms with Gasteiger partial charge in [-0.2, -0.15) is 0 Å². The number of methoxy groups -OCH3 is 2. The van der Waals surface area contributed by atoms with E-state index in [2.05, 4.69) is 0 Å². The van der Waals surface area contributed by atoms with Gasteiger partial charge in [0, 0.05) is 17.5 Å². The van der Waals surface area contributed by atoms with E-state index in [-0.39, 0.29) is 24.5 Å². The van der Waals surface area contributed by atoms with E-state index in [1.54, 1.807) is 28.1 Å². The molecule has 6 heteroatoms. The van der Waals surface area contributed by atoms with E-state index < -0.39 is 5.41 Å². The summed E-state index contributed by atoms with van der Waals surface area (Å²) in [7, 11) is 3.11. The summed E-state index contributed by atoms with van der Waals surface area (Å²) >= 11 is 0. The molecule has 6 nitrogen and oxygen atoms in total. The van der Waals surface area contributed by atoms with Gasteiger partial charge in [0.05, 0.1) is 25.7 Å². The number of esters is 1. The van der Waals surface area contributed by atoms with Crippen molar-refractivity contribution in [2.24, 2.45) is 5.41 Å². The van der Waals surface area contributed by atoms with Crippen LogP contribution in [0.1, 0.15) is 56.5 Å². The highest BCUT2D eigenvalue weighted by atomic mass is 16.6. The van der Waals surface area contributed by atoms with Crippen LogP contribution in [0.4, 0.5) is 0 Å². The Balaban J connectivity index is 2.02. The molecular formula is C26H32O6. The molecule has 32 heavy (non-hydrogen) atoms. The van der Waals surface area contributed by atoms with E-state index in [1.165, 1.54) is 0 Å². The number of carbonyl (C=O) groups is 2. The van der Waals surface area contributed by atoms with Gasteiger partial charge in [-0.15, -0.1) is 0 Å². The molecule has 0 saturated heterocycles. The van der Waals surface area contributed by atoms with Gasteiger partial charge in [-0.25, -0.2) is 0 Å². The minimum Gasteiger partial charge on any atom is -0.493 e. The van der Waals surface area contributed by atoms with Crippen LogP contribution in [0.5, 0.6) is 17.2 Å². The van der Waals surface area contributed by atoms with Crippen LogP contribution in [-0.4, -0.2) is 38.7 Å². The van der Waals surface area contributed by atoms with E-state index in [1.807, 2.05) is 44.2 Å². The quantitative estimate of drug-likeness (QED) is 0.496. The second-order valence-electron chi connectivity index (χ2n) is 8.73. The second kappa shape index (κ2) is 9.63. The summed E-state index contributed by atoms with van der Waals surface area (Å²) in [5, 5.41) is 0. The summed E-state index contributed by atoms with van der Waals surface area (Å²) in [4.78, 5) is 25.0. The highest BCUT2D eigenvalue weighted by molar-refractivity contribution is 6.02. The zero-order chi connectivity index (χ0) is 23.5. The molecule has 0 fully saturated rings. The molecule has 1 atom stereocenters. The van der Waals surface area contributed by atoms with Gasteiger partial charge in [0.2, 0.25) is 5.75 Å². The first-order chi connectivity index (χ1) is 15.2. The fourth-order valence-electron chi connectivity index (χ4n) is 3.73. The summed E-state index contributed by atoms with van der Waals surface area (Å²) < 4.78 is 22.9. The Bertz CT molecular complexity index is 1010. The molecule has 3 rings (SSSR count). The van der Waals surface area contributed by atoms with Crippen LogP contribution in [0.25, 0.3) is 11.1 Å². The molecule has 172 valence electrons. The second-order valence-corrected chi connectivity index (χ2v) is 8.73. The number of benzene rings is 2. The van der Waals surface area contributed by atoms with Gasteiger partial charge in [0.1, 0.15) is 6.61 Å². The molecule has 0 saturated carbocycles. The average molecular weight is 441 g/mol. The molecule has 2 aromatic carbocycles. The zero-order valence-electron chi connectivity index (χ0n) is 19.7. The highest BCUT2D eigenvalue weighted by Gasteiger charge is 2.33. The van der Waals surface area contributed by atoms with E-state index in [4.69, 9.17) is 18.9 Å². The normalized spacial score (nSPS) is 14.0. The van der Waals surface area contributed by atoms with Crippen molar-refractivity contribution in [3.63, 3.8) is 0 Å². The molecule has 0 N–H and O–H groups in total. The molecule has 0 amide bonds. The van der Waals surface area contributed by atoms with Crippen molar-refractivity contribution in [3.05, 3.63) is 41.5 Å². The summed E-state index contributed by atoms with van der Waals surface area (Å²) in [6.45, 7) is 7.52. The third-order valence-corrected chi connectivity index (χ3v) is 5.88. The van der Waals surface area contributed by atoms with Gasteiger partial charge in [0.25, 0.3) is 0 Å². The highest BCUT2D eigenvalue weighted by Crippen LogP contribution is 2.47. The molecule has 0 unspecified atom stereocenters. The lowest BCUT2D eigenvalue weighted by atomic mass is 9.94. The molecular weight excluding hydrogens is 408 g/mol. The molecule has 0 aromatic heterocycles. The number of ether oxygens (including phenoxy) is 4. The Morgan fingerprint density at radius 1 is 1.00 bits per heavy atom. The molecule has 0 aliphatic heterocycles.